The van der Waals surface area contributed by atoms with E-state index in [9.17, 15) is 18.6 Å². The molecular formula is C15H22N4O4S. The molecule has 2 rings (SSSR count). The Morgan fingerprint density at radius 2 is 2.04 bits per heavy atom. The van der Waals surface area contributed by atoms with Crippen molar-refractivity contribution in [1.29, 1.82) is 0 Å². The molecule has 0 aromatic heterocycles. The first-order valence-corrected chi connectivity index (χ1v) is 9.18. The molecular weight excluding hydrogens is 332 g/mol. The standard InChI is InChI=1S/C15H22N4O4S/c1-11-2-4-14(5-3-11)24(22,23)15(10-21)7-12(8-17-19-16)6-13(9-20)18-15/h2-5,12-13,18,20-21H,6-10H2,1H3/t12-,13-,15+/m0/s1. The average Bonchev–Trinajstić information content (AvgIpc) is 2.59. The molecule has 1 fully saturated rings. The molecule has 1 heterocycles. The van der Waals surface area contributed by atoms with Gasteiger partial charge < -0.3 is 10.2 Å². The van der Waals surface area contributed by atoms with Crippen LogP contribution in [0.3, 0.4) is 0 Å². The van der Waals surface area contributed by atoms with Crippen LogP contribution in [0.2, 0.25) is 0 Å². The Kier molecular flexibility index (Phi) is 5.84. The number of sulfone groups is 1. The third-order valence-electron chi connectivity index (χ3n) is 4.43. The maximum absolute atomic E-state index is 13.1. The zero-order chi connectivity index (χ0) is 17.8. The number of benzene rings is 1. The Hall–Kier alpha value is -1.64. The number of azide groups is 1. The van der Waals surface area contributed by atoms with Crippen molar-refractivity contribution in [3.63, 3.8) is 0 Å². The maximum atomic E-state index is 13.1. The fourth-order valence-corrected chi connectivity index (χ4v) is 5.07. The molecule has 8 nitrogen and oxygen atoms in total. The van der Waals surface area contributed by atoms with Crippen LogP contribution in [-0.4, -0.2) is 49.3 Å². The maximum Gasteiger partial charge on any atom is 0.199 e. The van der Waals surface area contributed by atoms with Crippen LogP contribution in [0, 0.1) is 12.8 Å². The van der Waals surface area contributed by atoms with Crippen molar-refractivity contribution in [3.8, 4) is 0 Å². The van der Waals surface area contributed by atoms with E-state index < -0.39 is 27.4 Å². The molecule has 3 atom stereocenters. The normalized spacial score (nSPS) is 27.5. The van der Waals surface area contributed by atoms with E-state index in [4.69, 9.17) is 5.53 Å². The predicted molar refractivity (Wildman–Crippen MR) is 88.9 cm³/mol. The van der Waals surface area contributed by atoms with Crippen LogP contribution in [0.5, 0.6) is 0 Å². The molecule has 1 saturated heterocycles. The van der Waals surface area contributed by atoms with Crippen LogP contribution in [-0.2, 0) is 9.84 Å². The molecule has 132 valence electrons. The lowest BCUT2D eigenvalue weighted by Gasteiger charge is -2.43. The van der Waals surface area contributed by atoms with E-state index in [0.29, 0.717) is 6.42 Å². The first kappa shape index (κ1) is 18.7. The second-order valence-electron chi connectivity index (χ2n) is 6.21. The highest BCUT2D eigenvalue weighted by Crippen LogP contribution is 2.35. The van der Waals surface area contributed by atoms with E-state index in [0.717, 1.165) is 5.56 Å². The Bertz CT molecular complexity index is 715. The monoisotopic (exact) mass is 354 g/mol. The van der Waals surface area contributed by atoms with Gasteiger partial charge in [-0.05, 0) is 43.3 Å². The van der Waals surface area contributed by atoms with Gasteiger partial charge in [0.1, 0.15) is 4.87 Å². The van der Waals surface area contributed by atoms with Gasteiger partial charge in [0, 0.05) is 17.5 Å². The van der Waals surface area contributed by atoms with Gasteiger partial charge in [-0.25, -0.2) is 8.42 Å². The van der Waals surface area contributed by atoms with E-state index >= 15 is 0 Å². The summed E-state index contributed by atoms with van der Waals surface area (Å²) in [5.41, 5.74) is 9.43. The Morgan fingerprint density at radius 1 is 1.38 bits per heavy atom. The molecule has 24 heavy (non-hydrogen) atoms. The second-order valence-corrected chi connectivity index (χ2v) is 8.47. The molecule has 0 amide bonds. The largest absolute Gasteiger partial charge is 0.395 e. The number of aliphatic hydroxyl groups is 2. The summed E-state index contributed by atoms with van der Waals surface area (Å²) in [6, 6.07) is 5.91. The zero-order valence-electron chi connectivity index (χ0n) is 13.5. The van der Waals surface area contributed by atoms with Crippen molar-refractivity contribution in [2.24, 2.45) is 11.0 Å². The predicted octanol–water partition coefficient (Wildman–Crippen LogP) is 1.13. The molecule has 3 N–H and O–H groups in total. The molecule has 0 aliphatic carbocycles. The minimum atomic E-state index is -3.90. The highest BCUT2D eigenvalue weighted by atomic mass is 32.2. The molecule has 1 aliphatic heterocycles. The molecule has 1 aromatic carbocycles. The Labute approximate surface area is 141 Å². The molecule has 0 bridgehead atoms. The van der Waals surface area contributed by atoms with E-state index in [2.05, 4.69) is 15.3 Å². The summed E-state index contributed by atoms with van der Waals surface area (Å²) in [4.78, 5) is 1.21. The lowest BCUT2D eigenvalue weighted by Crippen LogP contribution is -2.63. The number of piperidine rings is 1. The van der Waals surface area contributed by atoms with Crippen LogP contribution < -0.4 is 5.32 Å². The molecule has 0 saturated carbocycles. The van der Waals surface area contributed by atoms with Crippen molar-refractivity contribution in [2.45, 2.75) is 35.6 Å². The SMILES string of the molecule is Cc1ccc(S(=O)(=O)[C@@]2(CO)C[C@@H](CN=[N+]=[N-])C[C@@H](CO)N2)cc1. The fourth-order valence-electron chi connectivity index (χ4n) is 3.18. The summed E-state index contributed by atoms with van der Waals surface area (Å²) >= 11 is 0. The summed E-state index contributed by atoms with van der Waals surface area (Å²) in [5.74, 6) is -0.244. The van der Waals surface area contributed by atoms with E-state index in [-0.39, 0.29) is 30.4 Å². The van der Waals surface area contributed by atoms with E-state index in [1.165, 1.54) is 12.1 Å². The van der Waals surface area contributed by atoms with Gasteiger partial charge in [0.2, 0.25) is 0 Å². The third-order valence-corrected chi connectivity index (χ3v) is 6.76. The average molecular weight is 354 g/mol. The molecule has 1 aromatic rings. The van der Waals surface area contributed by atoms with Crippen LogP contribution in [0.15, 0.2) is 34.3 Å². The Morgan fingerprint density at radius 3 is 2.58 bits per heavy atom. The highest BCUT2D eigenvalue weighted by molar-refractivity contribution is 7.92. The van der Waals surface area contributed by atoms with Gasteiger partial charge in [-0.1, -0.05) is 22.8 Å². The summed E-state index contributed by atoms with van der Waals surface area (Å²) in [6.07, 6.45) is 0.579. The van der Waals surface area contributed by atoms with Gasteiger partial charge in [-0.15, -0.1) is 0 Å². The fraction of sp³-hybridized carbons (Fsp3) is 0.600. The minimum Gasteiger partial charge on any atom is -0.395 e. The summed E-state index contributed by atoms with van der Waals surface area (Å²) in [6.45, 7) is 1.08. The molecule has 9 heteroatoms. The van der Waals surface area contributed by atoms with Crippen molar-refractivity contribution in [1.82, 2.24) is 5.32 Å². The van der Waals surface area contributed by atoms with Crippen molar-refractivity contribution in [3.05, 3.63) is 40.3 Å². The lowest BCUT2D eigenvalue weighted by atomic mass is 9.88. The smallest absolute Gasteiger partial charge is 0.199 e. The van der Waals surface area contributed by atoms with Crippen LogP contribution in [0.1, 0.15) is 18.4 Å². The molecule has 0 spiro atoms. The zero-order valence-corrected chi connectivity index (χ0v) is 14.3. The van der Waals surface area contributed by atoms with Crippen molar-refractivity contribution < 1.29 is 18.6 Å². The summed E-state index contributed by atoms with van der Waals surface area (Å²) in [5, 5.41) is 25.8. The topological polar surface area (TPSA) is 135 Å². The highest BCUT2D eigenvalue weighted by Gasteiger charge is 2.49. The molecule has 0 radical (unpaired) electrons. The number of hydrogen-bond donors (Lipinski definition) is 3. The number of hydrogen-bond acceptors (Lipinski definition) is 6. The second kappa shape index (κ2) is 7.50. The Balaban J connectivity index is 2.43. The number of rotatable bonds is 6. The number of nitrogens with zero attached hydrogens (tertiary/aromatic N) is 3. The summed E-state index contributed by atoms with van der Waals surface area (Å²) < 4.78 is 26.2. The number of nitrogens with one attached hydrogen (secondary N) is 1. The first-order valence-electron chi connectivity index (χ1n) is 7.70. The van der Waals surface area contributed by atoms with Crippen LogP contribution in [0.25, 0.3) is 10.4 Å². The van der Waals surface area contributed by atoms with Gasteiger partial charge >= 0.3 is 0 Å². The van der Waals surface area contributed by atoms with Gasteiger partial charge in [-0.3, -0.25) is 5.32 Å². The quantitative estimate of drug-likeness (QED) is 0.400. The van der Waals surface area contributed by atoms with Gasteiger partial charge in [0.25, 0.3) is 0 Å². The first-order chi connectivity index (χ1) is 11.4. The van der Waals surface area contributed by atoms with Crippen LogP contribution >= 0.6 is 0 Å². The summed E-state index contributed by atoms with van der Waals surface area (Å²) in [7, 11) is -3.90. The third kappa shape index (κ3) is 3.55. The minimum absolute atomic E-state index is 0.106. The van der Waals surface area contributed by atoms with Crippen molar-refractivity contribution in [2.75, 3.05) is 19.8 Å². The number of aryl methyl sites for hydroxylation is 1. The number of aliphatic hydroxyl groups excluding tert-OH is 2. The van der Waals surface area contributed by atoms with Gasteiger partial charge in [0.05, 0.1) is 18.1 Å². The van der Waals surface area contributed by atoms with E-state index in [1.807, 2.05) is 6.92 Å². The van der Waals surface area contributed by atoms with Crippen molar-refractivity contribution >= 4 is 9.84 Å². The van der Waals surface area contributed by atoms with E-state index in [1.54, 1.807) is 12.1 Å². The molecule has 1 aliphatic rings. The van der Waals surface area contributed by atoms with Gasteiger partial charge in [-0.2, -0.15) is 0 Å². The molecule has 0 unspecified atom stereocenters. The lowest BCUT2D eigenvalue weighted by molar-refractivity contribution is 0.108. The van der Waals surface area contributed by atoms with Gasteiger partial charge in [0.15, 0.2) is 9.84 Å². The van der Waals surface area contributed by atoms with Crippen LogP contribution in [0.4, 0.5) is 0 Å².